The summed E-state index contributed by atoms with van der Waals surface area (Å²) in [6.45, 7) is 14.4. The van der Waals surface area contributed by atoms with E-state index in [0.717, 1.165) is 16.6 Å². The van der Waals surface area contributed by atoms with E-state index in [2.05, 4.69) is 26.3 Å². The fourth-order valence-corrected chi connectivity index (χ4v) is 2.26. The molecule has 3 heteroatoms. The van der Waals surface area contributed by atoms with Gasteiger partial charge in [-0.05, 0) is 22.2 Å². The summed E-state index contributed by atoms with van der Waals surface area (Å²) in [6.07, 6.45) is 6.71. The van der Waals surface area contributed by atoms with Crippen LogP contribution in [0, 0.1) is 0 Å². The highest BCUT2D eigenvalue weighted by atomic mass is 16.5. The molecule has 0 spiro atoms. The van der Waals surface area contributed by atoms with Gasteiger partial charge in [-0.25, -0.2) is 0 Å². The number of hydrogen-bond donors (Lipinski definition) is 1. The zero-order valence-corrected chi connectivity index (χ0v) is 16.7. The van der Waals surface area contributed by atoms with Crippen molar-refractivity contribution in [3.05, 3.63) is 134 Å². The van der Waals surface area contributed by atoms with Crippen LogP contribution in [0.4, 0.5) is 0 Å². The minimum Gasteiger partial charge on any atom is -0.539 e. The summed E-state index contributed by atoms with van der Waals surface area (Å²) in [6, 6.07) is 27.2. The molecule has 0 aliphatic rings. The van der Waals surface area contributed by atoms with Gasteiger partial charge in [0.1, 0.15) is 0 Å². The van der Waals surface area contributed by atoms with Crippen LogP contribution in [0.2, 0.25) is 0 Å². The normalized spacial score (nSPS) is 8.72. The van der Waals surface area contributed by atoms with Gasteiger partial charge >= 0.3 is 7.12 Å². The van der Waals surface area contributed by atoms with Crippen molar-refractivity contribution < 1.29 is 9.68 Å². The highest BCUT2D eigenvalue weighted by molar-refractivity contribution is 6.60. The molecule has 29 heavy (non-hydrogen) atoms. The van der Waals surface area contributed by atoms with Crippen LogP contribution in [-0.2, 0) is 4.65 Å². The van der Waals surface area contributed by atoms with Crippen molar-refractivity contribution in [2.45, 2.75) is 0 Å². The van der Waals surface area contributed by atoms with Gasteiger partial charge in [-0.2, -0.15) is 0 Å². The predicted molar refractivity (Wildman–Crippen MR) is 128 cm³/mol. The Bertz CT molecular complexity index is 846. The molecule has 0 aliphatic heterocycles. The van der Waals surface area contributed by atoms with Crippen LogP contribution in [0.1, 0.15) is 16.7 Å². The average Bonchev–Trinajstić information content (AvgIpc) is 2.81. The first-order valence-corrected chi connectivity index (χ1v) is 9.17. The smallest absolute Gasteiger partial charge is 0.539 e. The summed E-state index contributed by atoms with van der Waals surface area (Å²) in [4.78, 5) is 0. The SMILES string of the molecule is C=COB(O)c1ccccc1.C=Cc1ccccc1.C=Cc1ccccc1C=C. The third-order valence-corrected chi connectivity index (χ3v) is 3.78. The molecule has 0 atom stereocenters. The Morgan fingerprint density at radius 1 is 0.621 bits per heavy atom. The first-order valence-electron chi connectivity index (χ1n) is 9.17. The Balaban J connectivity index is 0.000000220. The van der Waals surface area contributed by atoms with E-state index in [4.69, 9.17) is 4.65 Å². The van der Waals surface area contributed by atoms with E-state index in [-0.39, 0.29) is 0 Å². The molecule has 0 fully saturated rings. The van der Waals surface area contributed by atoms with Crippen LogP contribution >= 0.6 is 0 Å². The number of benzene rings is 3. The Hall–Kier alpha value is -3.56. The molecule has 0 heterocycles. The van der Waals surface area contributed by atoms with Crippen molar-refractivity contribution in [1.82, 2.24) is 0 Å². The molecular formula is C26H27BO2. The van der Waals surface area contributed by atoms with Crippen LogP contribution in [0.3, 0.4) is 0 Å². The van der Waals surface area contributed by atoms with Crippen LogP contribution < -0.4 is 5.46 Å². The van der Waals surface area contributed by atoms with Gasteiger partial charge in [-0.3, -0.25) is 0 Å². The molecule has 0 aromatic heterocycles. The van der Waals surface area contributed by atoms with E-state index >= 15 is 0 Å². The van der Waals surface area contributed by atoms with Crippen molar-refractivity contribution >= 4 is 30.8 Å². The molecule has 0 radical (unpaired) electrons. The van der Waals surface area contributed by atoms with Crippen molar-refractivity contribution in [3.8, 4) is 0 Å². The highest BCUT2D eigenvalue weighted by Crippen LogP contribution is 2.10. The molecule has 0 unspecified atom stereocenters. The van der Waals surface area contributed by atoms with Crippen molar-refractivity contribution in [1.29, 1.82) is 0 Å². The van der Waals surface area contributed by atoms with Gasteiger partial charge < -0.3 is 9.68 Å². The molecule has 3 aromatic rings. The van der Waals surface area contributed by atoms with E-state index in [0.29, 0.717) is 0 Å². The van der Waals surface area contributed by atoms with Gasteiger partial charge in [0, 0.05) is 0 Å². The lowest BCUT2D eigenvalue weighted by molar-refractivity contribution is 0.387. The first-order chi connectivity index (χ1) is 14.2. The van der Waals surface area contributed by atoms with Crippen LogP contribution in [0.5, 0.6) is 0 Å². The lowest BCUT2D eigenvalue weighted by Gasteiger charge is -2.03. The molecule has 0 aliphatic carbocycles. The van der Waals surface area contributed by atoms with E-state index in [9.17, 15) is 5.02 Å². The second-order valence-electron chi connectivity index (χ2n) is 5.72. The molecule has 3 rings (SSSR count). The predicted octanol–water partition coefficient (Wildman–Crippen LogP) is 5.84. The summed E-state index contributed by atoms with van der Waals surface area (Å²) < 4.78 is 4.75. The lowest BCUT2D eigenvalue weighted by Crippen LogP contribution is -2.31. The molecule has 1 N–H and O–H groups in total. The Morgan fingerprint density at radius 2 is 1.07 bits per heavy atom. The highest BCUT2D eigenvalue weighted by Gasteiger charge is 2.14. The second kappa shape index (κ2) is 14.5. The van der Waals surface area contributed by atoms with E-state index in [1.54, 1.807) is 12.1 Å². The van der Waals surface area contributed by atoms with Crippen LogP contribution in [0.15, 0.2) is 118 Å². The quantitative estimate of drug-likeness (QED) is 0.429. The Morgan fingerprint density at radius 3 is 1.45 bits per heavy atom. The third kappa shape index (κ3) is 9.27. The first kappa shape index (κ1) is 23.5. The minimum atomic E-state index is -0.895. The molecule has 146 valence electrons. The monoisotopic (exact) mass is 382 g/mol. The molecule has 0 amide bonds. The summed E-state index contributed by atoms with van der Waals surface area (Å²) in [5, 5.41) is 9.23. The molecule has 2 nitrogen and oxygen atoms in total. The van der Waals surface area contributed by atoms with Crippen molar-refractivity contribution in [2.24, 2.45) is 0 Å². The van der Waals surface area contributed by atoms with Crippen molar-refractivity contribution in [2.75, 3.05) is 0 Å². The third-order valence-electron chi connectivity index (χ3n) is 3.78. The van der Waals surface area contributed by atoms with Crippen molar-refractivity contribution in [3.63, 3.8) is 0 Å². The summed E-state index contributed by atoms with van der Waals surface area (Å²) in [5.74, 6) is 0. The largest absolute Gasteiger partial charge is 0.559 e. The van der Waals surface area contributed by atoms with Crippen LogP contribution in [-0.4, -0.2) is 12.1 Å². The molecule has 0 bridgehead atoms. The van der Waals surface area contributed by atoms with E-state index in [1.807, 2.05) is 91.0 Å². The van der Waals surface area contributed by atoms with Crippen LogP contribution in [0.25, 0.3) is 18.2 Å². The van der Waals surface area contributed by atoms with Gasteiger partial charge in [-0.15, -0.1) is 0 Å². The number of rotatable bonds is 6. The number of hydrogen-bond acceptors (Lipinski definition) is 2. The zero-order valence-electron chi connectivity index (χ0n) is 16.7. The maximum absolute atomic E-state index is 9.23. The Labute approximate surface area is 175 Å². The maximum atomic E-state index is 9.23. The van der Waals surface area contributed by atoms with Gasteiger partial charge in [-0.1, -0.05) is 129 Å². The molecule has 0 saturated heterocycles. The summed E-state index contributed by atoms with van der Waals surface area (Å²) in [5.41, 5.74) is 4.18. The topological polar surface area (TPSA) is 29.5 Å². The average molecular weight is 382 g/mol. The van der Waals surface area contributed by atoms with Gasteiger partial charge in [0.2, 0.25) is 0 Å². The lowest BCUT2D eigenvalue weighted by atomic mass is 9.80. The summed E-state index contributed by atoms with van der Waals surface area (Å²) in [7, 11) is -0.895. The molecule has 3 aromatic carbocycles. The Kier molecular flexibility index (Phi) is 11.7. The summed E-state index contributed by atoms with van der Waals surface area (Å²) >= 11 is 0. The van der Waals surface area contributed by atoms with Gasteiger partial charge in [0.15, 0.2) is 0 Å². The molecule has 0 saturated carbocycles. The van der Waals surface area contributed by atoms with Gasteiger partial charge in [0.25, 0.3) is 0 Å². The van der Waals surface area contributed by atoms with E-state index < -0.39 is 7.12 Å². The van der Waals surface area contributed by atoms with Gasteiger partial charge in [0.05, 0.1) is 6.26 Å². The van der Waals surface area contributed by atoms with E-state index in [1.165, 1.54) is 11.8 Å². The fourth-order valence-electron chi connectivity index (χ4n) is 2.26. The zero-order chi connectivity index (χ0) is 21.3. The molecular weight excluding hydrogens is 355 g/mol. The second-order valence-corrected chi connectivity index (χ2v) is 5.72. The fraction of sp³-hybridized carbons (Fsp3) is 0. The standard InChI is InChI=1S/C10H10.C8H9BO2.C8H8/c1-3-9-7-5-6-8-10(9)4-2;1-2-11-9(10)8-6-4-3-5-7-8;1-2-8-6-4-3-5-7-8/h3-8H,1-2H2;2-7,10H,1H2;2-7H,1H2. The maximum Gasteiger partial charge on any atom is 0.559 e. The minimum absolute atomic E-state index is 0.729.